The van der Waals surface area contributed by atoms with Crippen LogP contribution in [0.3, 0.4) is 0 Å². The van der Waals surface area contributed by atoms with Gasteiger partial charge in [0.05, 0.1) is 6.42 Å². The highest BCUT2D eigenvalue weighted by Crippen LogP contribution is 2.14. The summed E-state index contributed by atoms with van der Waals surface area (Å²) in [7, 11) is 0. The van der Waals surface area contributed by atoms with Crippen LogP contribution in [0.4, 0.5) is 0 Å². The van der Waals surface area contributed by atoms with Crippen molar-refractivity contribution in [2.75, 3.05) is 26.2 Å². The van der Waals surface area contributed by atoms with Gasteiger partial charge in [0, 0.05) is 43.1 Å². The van der Waals surface area contributed by atoms with Gasteiger partial charge in [0.2, 0.25) is 5.91 Å². The average Bonchev–Trinajstić information content (AvgIpc) is 2.92. The van der Waals surface area contributed by atoms with Gasteiger partial charge in [-0.15, -0.1) is 0 Å². The maximum Gasteiger partial charge on any atom is 0.253 e. The van der Waals surface area contributed by atoms with Crippen LogP contribution in [0.25, 0.3) is 0 Å². The summed E-state index contributed by atoms with van der Waals surface area (Å²) in [4.78, 5) is 32.0. The van der Waals surface area contributed by atoms with E-state index in [-0.39, 0.29) is 11.8 Å². The predicted octanol–water partition coefficient (Wildman–Crippen LogP) is 2.47. The number of hydrogen-bond acceptors (Lipinski definition) is 2. The van der Waals surface area contributed by atoms with Crippen LogP contribution in [0, 0.1) is 20.8 Å². The predicted molar refractivity (Wildman–Crippen MR) is 97.6 cm³/mol. The number of hydrogen-bond donors (Lipinski definition) is 1. The summed E-state index contributed by atoms with van der Waals surface area (Å²) in [6.45, 7) is 8.36. The molecule has 0 atom stereocenters. The van der Waals surface area contributed by atoms with E-state index in [1.54, 1.807) is 0 Å². The molecule has 132 valence electrons. The van der Waals surface area contributed by atoms with Gasteiger partial charge in [0.15, 0.2) is 0 Å². The zero-order chi connectivity index (χ0) is 18.0. The number of aryl methyl sites for hydroxylation is 3. The molecule has 1 aliphatic heterocycles. The van der Waals surface area contributed by atoms with Crippen LogP contribution in [0.1, 0.15) is 32.9 Å². The number of amides is 2. The molecule has 1 aromatic heterocycles. The van der Waals surface area contributed by atoms with Gasteiger partial charge in [-0.05, 0) is 44.5 Å². The largest absolute Gasteiger partial charge is 0.362 e. The molecule has 2 heterocycles. The summed E-state index contributed by atoms with van der Waals surface area (Å²) in [5.74, 6) is 0.175. The zero-order valence-corrected chi connectivity index (χ0v) is 15.1. The molecule has 1 N–H and O–H groups in total. The summed E-state index contributed by atoms with van der Waals surface area (Å²) in [6, 6.07) is 9.67. The summed E-state index contributed by atoms with van der Waals surface area (Å²) in [6.07, 6.45) is 0.419. The topological polar surface area (TPSA) is 56.4 Å². The number of aromatic amines is 1. The first kappa shape index (κ1) is 17.3. The monoisotopic (exact) mass is 339 g/mol. The fourth-order valence-electron chi connectivity index (χ4n) is 3.28. The standard InChI is InChI=1S/C20H25N3O2/c1-14-4-6-17(7-5-14)20(25)23-10-8-22(9-11-23)19(24)13-18-12-15(2)21-16(18)3/h4-7,12,21H,8-11,13H2,1-3H3. The van der Waals surface area contributed by atoms with Gasteiger partial charge in [-0.25, -0.2) is 0 Å². The molecule has 0 aliphatic carbocycles. The van der Waals surface area contributed by atoms with Crippen molar-refractivity contribution in [1.82, 2.24) is 14.8 Å². The minimum atomic E-state index is 0.0456. The Morgan fingerprint density at radius 1 is 0.960 bits per heavy atom. The maximum absolute atomic E-state index is 12.5. The molecule has 0 bridgehead atoms. The number of rotatable bonds is 3. The number of nitrogens with zero attached hydrogens (tertiary/aromatic N) is 2. The maximum atomic E-state index is 12.5. The first-order valence-electron chi connectivity index (χ1n) is 8.73. The quantitative estimate of drug-likeness (QED) is 0.934. The molecule has 0 spiro atoms. The van der Waals surface area contributed by atoms with Crippen molar-refractivity contribution in [2.45, 2.75) is 27.2 Å². The van der Waals surface area contributed by atoms with Gasteiger partial charge < -0.3 is 14.8 Å². The molecule has 25 heavy (non-hydrogen) atoms. The smallest absolute Gasteiger partial charge is 0.253 e. The SMILES string of the molecule is Cc1ccc(C(=O)N2CCN(C(=O)Cc3cc(C)[nH]c3C)CC2)cc1. The third-order valence-electron chi connectivity index (χ3n) is 4.82. The average molecular weight is 339 g/mol. The summed E-state index contributed by atoms with van der Waals surface area (Å²) >= 11 is 0. The van der Waals surface area contributed by atoms with Crippen molar-refractivity contribution in [2.24, 2.45) is 0 Å². The minimum Gasteiger partial charge on any atom is -0.362 e. The van der Waals surface area contributed by atoms with Crippen LogP contribution in [0.2, 0.25) is 0 Å². The molecule has 0 radical (unpaired) electrons. The fourth-order valence-corrected chi connectivity index (χ4v) is 3.28. The van der Waals surface area contributed by atoms with E-state index in [4.69, 9.17) is 0 Å². The molecule has 3 rings (SSSR count). The number of H-pyrrole nitrogens is 1. The lowest BCUT2D eigenvalue weighted by molar-refractivity contribution is -0.131. The Kier molecular flexibility index (Phi) is 4.93. The molecule has 0 saturated carbocycles. The highest BCUT2D eigenvalue weighted by atomic mass is 16.2. The molecule has 1 fully saturated rings. The van der Waals surface area contributed by atoms with E-state index in [0.717, 1.165) is 22.5 Å². The second-order valence-corrected chi connectivity index (χ2v) is 6.82. The van der Waals surface area contributed by atoms with E-state index >= 15 is 0 Å². The second-order valence-electron chi connectivity index (χ2n) is 6.82. The molecule has 5 heteroatoms. The number of benzene rings is 1. The van der Waals surface area contributed by atoms with Gasteiger partial charge >= 0.3 is 0 Å². The Bertz CT molecular complexity index is 769. The van der Waals surface area contributed by atoms with Crippen molar-refractivity contribution in [3.8, 4) is 0 Å². The van der Waals surface area contributed by atoms with Gasteiger partial charge in [-0.3, -0.25) is 9.59 Å². The van der Waals surface area contributed by atoms with E-state index in [2.05, 4.69) is 4.98 Å². The van der Waals surface area contributed by atoms with Crippen molar-refractivity contribution in [3.63, 3.8) is 0 Å². The lowest BCUT2D eigenvalue weighted by Gasteiger charge is -2.35. The summed E-state index contributed by atoms with van der Waals surface area (Å²) < 4.78 is 0. The Balaban J connectivity index is 1.56. The van der Waals surface area contributed by atoms with Crippen LogP contribution >= 0.6 is 0 Å². The van der Waals surface area contributed by atoms with Gasteiger partial charge in [0.1, 0.15) is 0 Å². The van der Waals surface area contributed by atoms with Crippen LogP contribution in [0.5, 0.6) is 0 Å². The molecule has 1 aliphatic rings. The molecule has 2 amide bonds. The molecule has 5 nitrogen and oxygen atoms in total. The van der Waals surface area contributed by atoms with Crippen molar-refractivity contribution >= 4 is 11.8 Å². The molecule has 1 saturated heterocycles. The van der Waals surface area contributed by atoms with E-state index in [9.17, 15) is 9.59 Å². The van der Waals surface area contributed by atoms with E-state index < -0.39 is 0 Å². The van der Waals surface area contributed by atoms with Gasteiger partial charge in [-0.1, -0.05) is 17.7 Å². The van der Waals surface area contributed by atoms with Gasteiger partial charge in [0.25, 0.3) is 5.91 Å². The number of carbonyl (C=O) groups is 2. The number of aromatic nitrogens is 1. The number of carbonyl (C=O) groups excluding carboxylic acids is 2. The second kappa shape index (κ2) is 7.13. The zero-order valence-electron chi connectivity index (χ0n) is 15.1. The third-order valence-corrected chi connectivity index (χ3v) is 4.82. The molecule has 0 unspecified atom stereocenters. The van der Waals surface area contributed by atoms with E-state index in [0.29, 0.717) is 38.2 Å². The van der Waals surface area contributed by atoms with Crippen molar-refractivity contribution < 1.29 is 9.59 Å². The van der Waals surface area contributed by atoms with E-state index in [1.807, 2.05) is 60.9 Å². The molecular weight excluding hydrogens is 314 g/mol. The number of nitrogens with one attached hydrogen (secondary N) is 1. The summed E-state index contributed by atoms with van der Waals surface area (Å²) in [5, 5.41) is 0. The fraction of sp³-hybridized carbons (Fsp3) is 0.400. The Morgan fingerprint density at radius 2 is 1.56 bits per heavy atom. The van der Waals surface area contributed by atoms with Crippen molar-refractivity contribution in [1.29, 1.82) is 0 Å². The Hall–Kier alpha value is -2.56. The number of piperazine rings is 1. The lowest BCUT2D eigenvalue weighted by Crippen LogP contribution is -2.51. The lowest BCUT2D eigenvalue weighted by atomic mass is 10.1. The van der Waals surface area contributed by atoms with Crippen LogP contribution < -0.4 is 0 Å². The normalized spacial score (nSPS) is 14.7. The molecular formula is C20H25N3O2. The van der Waals surface area contributed by atoms with Crippen molar-refractivity contribution in [3.05, 3.63) is 58.4 Å². The third kappa shape index (κ3) is 3.92. The molecule has 1 aromatic carbocycles. The van der Waals surface area contributed by atoms with Crippen LogP contribution in [-0.4, -0.2) is 52.8 Å². The highest BCUT2D eigenvalue weighted by molar-refractivity contribution is 5.94. The first-order valence-corrected chi connectivity index (χ1v) is 8.73. The minimum absolute atomic E-state index is 0.0456. The molecule has 2 aromatic rings. The summed E-state index contributed by atoms with van der Waals surface area (Å²) in [5.41, 5.74) is 5.04. The Morgan fingerprint density at radius 3 is 2.12 bits per heavy atom. The van der Waals surface area contributed by atoms with Crippen LogP contribution in [0.15, 0.2) is 30.3 Å². The van der Waals surface area contributed by atoms with Crippen LogP contribution in [-0.2, 0) is 11.2 Å². The van der Waals surface area contributed by atoms with Gasteiger partial charge in [-0.2, -0.15) is 0 Å². The van der Waals surface area contributed by atoms with E-state index in [1.165, 1.54) is 0 Å². The highest BCUT2D eigenvalue weighted by Gasteiger charge is 2.25. The first-order chi connectivity index (χ1) is 11.9. The Labute approximate surface area is 148 Å².